The minimum atomic E-state index is -3.74. The highest BCUT2D eigenvalue weighted by Crippen LogP contribution is 2.20. The minimum Gasteiger partial charge on any atom is -0.325 e. The average Bonchev–Trinajstić information content (AvgIpc) is 3.10. The highest BCUT2D eigenvalue weighted by molar-refractivity contribution is 7.91. The molecule has 0 unspecified atom stereocenters. The van der Waals surface area contributed by atoms with Gasteiger partial charge in [0, 0.05) is 26.8 Å². The molecule has 0 aliphatic rings. The zero-order valence-electron chi connectivity index (χ0n) is 14.4. The Morgan fingerprint density at radius 2 is 1.73 bits per heavy atom. The summed E-state index contributed by atoms with van der Waals surface area (Å²) in [5.41, 5.74) is 0.264. The number of carbonyl (C=O) groups is 1. The molecule has 0 radical (unpaired) electrons. The van der Waals surface area contributed by atoms with Crippen molar-refractivity contribution in [2.75, 3.05) is 33.0 Å². The number of nitrogens with one attached hydrogen (secondary N) is 1. The normalized spacial score (nSPS) is 12.5. The van der Waals surface area contributed by atoms with Crippen molar-refractivity contribution in [1.82, 2.24) is 8.61 Å². The molecule has 142 valence electrons. The standard InChI is InChI=1S/C15H19N3O5S3/c1-17(2)25(20,21)13-7-4-6-12(10-13)16-14(19)11-18(3)26(22,23)15-8-5-9-24-15/h4-10H,11H2,1-3H3,(H,16,19). The molecule has 2 aromatic rings. The van der Waals surface area contributed by atoms with Gasteiger partial charge in [-0.3, -0.25) is 4.79 Å². The van der Waals surface area contributed by atoms with Crippen molar-refractivity contribution in [2.45, 2.75) is 9.10 Å². The Balaban J connectivity index is 2.11. The topological polar surface area (TPSA) is 104 Å². The number of hydrogen-bond donors (Lipinski definition) is 1. The molecule has 0 bridgehead atoms. The number of benzene rings is 1. The van der Waals surface area contributed by atoms with Gasteiger partial charge in [0.2, 0.25) is 15.9 Å². The van der Waals surface area contributed by atoms with Crippen molar-refractivity contribution < 1.29 is 21.6 Å². The van der Waals surface area contributed by atoms with E-state index >= 15 is 0 Å². The molecule has 0 aliphatic carbocycles. The molecule has 0 saturated heterocycles. The van der Waals surface area contributed by atoms with E-state index in [1.807, 2.05) is 0 Å². The molecule has 0 fully saturated rings. The summed E-state index contributed by atoms with van der Waals surface area (Å²) < 4.78 is 51.1. The van der Waals surface area contributed by atoms with Crippen molar-refractivity contribution >= 4 is 43.0 Å². The molecule has 1 heterocycles. The Labute approximate surface area is 157 Å². The molecule has 2 rings (SSSR count). The number of likely N-dealkylation sites (N-methyl/N-ethyl adjacent to an activating group) is 1. The van der Waals surface area contributed by atoms with Crippen LogP contribution in [0.25, 0.3) is 0 Å². The zero-order chi connectivity index (χ0) is 19.5. The maximum Gasteiger partial charge on any atom is 0.252 e. The summed E-state index contributed by atoms with van der Waals surface area (Å²) in [5, 5.41) is 4.15. The Morgan fingerprint density at radius 1 is 1.04 bits per heavy atom. The predicted molar refractivity (Wildman–Crippen MR) is 100 cm³/mol. The first kappa shape index (κ1) is 20.5. The molecule has 1 aromatic carbocycles. The van der Waals surface area contributed by atoms with E-state index in [0.717, 1.165) is 19.9 Å². The van der Waals surface area contributed by atoms with E-state index in [9.17, 15) is 21.6 Å². The highest BCUT2D eigenvalue weighted by atomic mass is 32.2. The fourth-order valence-electron chi connectivity index (χ4n) is 2.00. The molecule has 1 aromatic heterocycles. The smallest absolute Gasteiger partial charge is 0.252 e. The predicted octanol–water partition coefficient (Wildman–Crippen LogP) is 1.26. The first-order valence-electron chi connectivity index (χ1n) is 7.37. The molecule has 1 amide bonds. The number of thiophene rings is 1. The summed E-state index contributed by atoms with van der Waals surface area (Å²) in [6.45, 7) is -0.398. The minimum absolute atomic E-state index is 0.0276. The third-order valence-electron chi connectivity index (χ3n) is 3.42. The van der Waals surface area contributed by atoms with Gasteiger partial charge in [-0.2, -0.15) is 4.31 Å². The van der Waals surface area contributed by atoms with Crippen LogP contribution in [0, 0.1) is 0 Å². The van der Waals surface area contributed by atoms with Crippen LogP contribution in [0.15, 0.2) is 50.9 Å². The van der Waals surface area contributed by atoms with Crippen LogP contribution in [0.5, 0.6) is 0 Å². The van der Waals surface area contributed by atoms with Crippen LogP contribution in [0.2, 0.25) is 0 Å². The van der Waals surface area contributed by atoms with Crippen molar-refractivity contribution in [3.8, 4) is 0 Å². The average molecular weight is 418 g/mol. The second-order valence-electron chi connectivity index (χ2n) is 5.56. The Bertz CT molecular complexity index is 983. The SMILES string of the molecule is CN(C)S(=O)(=O)c1cccc(NC(=O)CN(C)S(=O)(=O)c2cccs2)c1. The maximum absolute atomic E-state index is 12.3. The lowest BCUT2D eigenvalue weighted by atomic mass is 10.3. The summed E-state index contributed by atoms with van der Waals surface area (Å²) in [6.07, 6.45) is 0. The molecule has 11 heteroatoms. The van der Waals surface area contributed by atoms with Crippen molar-refractivity contribution in [3.05, 3.63) is 41.8 Å². The van der Waals surface area contributed by atoms with Gasteiger partial charge in [-0.05, 0) is 29.6 Å². The fraction of sp³-hybridized carbons (Fsp3) is 0.267. The summed E-state index contributed by atoms with van der Waals surface area (Å²) in [5.74, 6) is -0.577. The van der Waals surface area contributed by atoms with E-state index in [-0.39, 0.29) is 14.8 Å². The molecule has 1 N–H and O–H groups in total. The van der Waals surface area contributed by atoms with E-state index in [2.05, 4.69) is 5.32 Å². The lowest BCUT2D eigenvalue weighted by molar-refractivity contribution is -0.116. The Kier molecular flexibility index (Phi) is 6.19. The highest BCUT2D eigenvalue weighted by Gasteiger charge is 2.24. The number of nitrogens with zero attached hydrogens (tertiary/aromatic N) is 2. The van der Waals surface area contributed by atoms with Gasteiger partial charge in [0.1, 0.15) is 4.21 Å². The molecule has 26 heavy (non-hydrogen) atoms. The van der Waals surface area contributed by atoms with Gasteiger partial charge in [-0.25, -0.2) is 21.1 Å². The van der Waals surface area contributed by atoms with Gasteiger partial charge in [0.05, 0.1) is 11.4 Å². The van der Waals surface area contributed by atoms with E-state index < -0.39 is 32.5 Å². The molecule has 0 aliphatic heterocycles. The van der Waals surface area contributed by atoms with Gasteiger partial charge >= 0.3 is 0 Å². The third kappa shape index (κ3) is 4.48. The molecular weight excluding hydrogens is 398 g/mol. The van der Waals surface area contributed by atoms with Gasteiger partial charge in [0.25, 0.3) is 10.0 Å². The third-order valence-corrected chi connectivity index (χ3v) is 8.41. The van der Waals surface area contributed by atoms with E-state index in [1.54, 1.807) is 11.4 Å². The molecule has 8 nitrogen and oxygen atoms in total. The number of anilines is 1. The van der Waals surface area contributed by atoms with Crippen LogP contribution >= 0.6 is 11.3 Å². The van der Waals surface area contributed by atoms with E-state index in [4.69, 9.17) is 0 Å². The summed E-state index contributed by atoms with van der Waals surface area (Å²) >= 11 is 1.06. The van der Waals surface area contributed by atoms with Crippen molar-refractivity contribution in [3.63, 3.8) is 0 Å². The van der Waals surface area contributed by atoms with Crippen LogP contribution in [0.1, 0.15) is 0 Å². The Morgan fingerprint density at radius 3 is 2.31 bits per heavy atom. The second-order valence-corrected chi connectivity index (χ2v) is 10.9. The molecule has 0 saturated carbocycles. The van der Waals surface area contributed by atoms with Gasteiger partial charge in [-0.1, -0.05) is 12.1 Å². The van der Waals surface area contributed by atoms with Crippen LogP contribution in [-0.2, 0) is 24.8 Å². The number of rotatable bonds is 7. The lowest BCUT2D eigenvalue weighted by Crippen LogP contribution is -2.34. The number of amides is 1. The fourth-order valence-corrected chi connectivity index (χ4v) is 5.27. The van der Waals surface area contributed by atoms with Crippen LogP contribution < -0.4 is 5.32 Å². The number of hydrogen-bond acceptors (Lipinski definition) is 6. The van der Waals surface area contributed by atoms with Crippen molar-refractivity contribution in [1.29, 1.82) is 0 Å². The number of carbonyl (C=O) groups excluding carboxylic acids is 1. The summed E-state index contributed by atoms with van der Waals surface area (Å²) in [6, 6.07) is 8.84. The quantitative estimate of drug-likeness (QED) is 0.730. The monoisotopic (exact) mass is 417 g/mol. The van der Waals surface area contributed by atoms with Crippen LogP contribution in [0.3, 0.4) is 0 Å². The van der Waals surface area contributed by atoms with Gasteiger partial charge in [-0.15, -0.1) is 11.3 Å². The molecule has 0 atom stereocenters. The van der Waals surface area contributed by atoms with E-state index in [1.165, 1.54) is 51.5 Å². The first-order chi connectivity index (χ1) is 12.0. The van der Waals surface area contributed by atoms with Crippen LogP contribution in [0.4, 0.5) is 5.69 Å². The first-order valence-corrected chi connectivity index (χ1v) is 11.1. The number of sulfonamides is 2. The second kappa shape index (κ2) is 7.84. The molecular formula is C15H19N3O5S3. The van der Waals surface area contributed by atoms with Gasteiger partial charge < -0.3 is 5.32 Å². The Hall–Kier alpha value is -1.79. The van der Waals surface area contributed by atoms with Crippen molar-refractivity contribution in [2.24, 2.45) is 0 Å². The zero-order valence-corrected chi connectivity index (χ0v) is 16.9. The molecule has 0 spiro atoms. The van der Waals surface area contributed by atoms with Crippen LogP contribution in [-0.4, -0.2) is 59.0 Å². The maximum atomic E-state index is 12.3. The summed E-state index contributed by atoms with van der Waals surface area (Å²) in [4.78, 5) is 12.2. The van der Waals surface area contributed by atoms with E-state index in [0.29, 0.717) is 0 Å². The summed E-state index contributed by atoms with van der Waals surface area (Å²) in [7, 11) is -3.25. The lowest BCUT2D eigenvalue weighted by Gasteiger charge is -2.16. The largest absolute Gasteiger partial charge is 0.325 e. The van der Waals surface area contributed by atoms with Gasteiger partial charge in [0.15, 0.2) is 0 Å².